The Kier molecular flexibility index (Phi) is 8.13. The molecule has 0 radical (unpaired) electrons. The number of Topliss-reactive ketones (excluding diaryl/α,β-unsaturated/α-hetero) is 1. The highest BCUT2D eigenvalue weighted by Crippen LogP contribution is 2.25. The van der Waals surface area contributed by atoms with Crippen molar-refractivity contribution < 1.29 is 19.1 Å². The van der Waals surface area contributed by atoms with Gasteiger partial charge >= 0.3 is 5.97 Å². The van der Waals surface area contributed by atoms with E-state index in [1.165, 1.54) is 6.92 Å². The number of likely N-dealkylation sites (tertiary alicyclic amines) is 1. The fourth-order valence-corrected chi connectivity index (χ4v) is 4.71. The van der Waals surface area contributed by atoms with Gasteiger partial charge in [0.15, 0.2) is 12.4 Å². The van der Waals surface area contributed by atoms with E-state index in [0.29, 0.717) is 41.7 Å². The number of rotatable bonds is 6. The molecule has 1 saturated heterocycles. The molecule has 2 aromatic carbocycles. The zero-order valence-corrected chi connectivity index (χ0v) is 22.3. The zero-order chi connectivity index (χ0) is 24.9. The molecule has 0 bridgehead atoms. The molecule has 1 fully saturated rings. The fraction of sp³-hybridized carbons (Fsp3) is 0.259. The van der Waals surface area contributed by atoms with Crippen LogP contribution < -0.4 is 0 Å². The second kappa shape index (κ2) is 11.3. The van der Waals surface area contributed by atoms with Crippen LogP contribution in [0.25, 0.3) is 23.1 Å². The SMILES string of the molecule is CC(=O)N1CCCC(C(=O)COC(=O)c2cc(/C=C/c3ccc(Br)cc3)nc3ccc(Br)cc23)C1. The monoisotopic (exact) mass is 598 g/mol. The molecule has 0 N–H and O–H groups in total. The first-order chi connectivity index (χ1) is 16.8. The Labute approximate surface area is 220 Å². The summed E-state index contributed by atoms with van der Waals surface area (Å²) in [6.07, 6.45) is 5.21. The number of ether oxygens (including phenoxy) is 1. The lowest BCUT2D eigenvalue weighted by Gasteiger charge is -2.31. The van der Waals surface area contributed by atoms with Crippen molar-refractivity contribution in [1.29, 1.82) is 0 Å². The molecule has 0 saturated carbocycles. The number of piperidine rings is 1. The number of amides is 1. The van der Waals surface area contributed by atoms with Gasteiger partial charge in [0.25, 0.3) is 0 Å². The largest absolute Gasteiger partial charge is 0.454 e. The number of carbonyl (C=O) groups is 3. The smallest absolute Gasteiger partial charge is 0.339 e. The van der Waals surface area contributed by atoms with E-state index in [1.807, 2.05) is 54.6 Å². The highest BCUT2D eigenvalue weighted by molar-refractivity contribution is 9.10. The Balaban J connectivity index is 1.54. The van der Waals surface area contributed by atoms with E-state index < -0.39 is 5.97 Å². The van der Waals surface area contributed by atoms with Crippen LogP contribution >= 0.6 is 31.9 Å². The number of halogens is 2. The number of fused-ring (bicyclic) bond motifs is 1. The molecule has 35 heavy (non-hydrogen) atoms. The average Bonchev–Trinajstić information content (AvgIpc) is 2.86. The van der Waals surface area contributed by atoms with Gasteiger partial charge in [0.2, 0.25) is 5.91 Å². The third-order valence-electron chi connectivity index (χ3n) is 5.99. The highest BCUT2D eigenvalue weighted by Gasteiger charge is 2.28. The molecule has 180 valence electrons. The van der Waals surface area contributed by atoms with Crippen LogP contribution in [0.15, 0.2) is 57.5 Å². The van der Waals surface area contributed by atoms with Crippen LogP contribution in [0, 0.1) is 5.92 Å². The van der Waals surface area contributed by atoms with Gasteiger partial charge in [0.05, 0.1) is 16.8 Å². The molecule has 0 spiro atoms. The van der Waals surface area contributed by atoms with Crippen molar-refractivity contribution >= 4 is 72.6 Å². The molecule has 1 amide bonds. The van der Waals surface area contributed by atoms with Crippen LogP contribution in [0.3, 0.4) is 0 Å². The maximum atomic E-state index is 13.1. The molecular formula is C27H24Br2N2O4. The quantitative estimate of drug-likeness (QED) is 0.329. The van der Waals surface area contributed by atoms with E-state index in [9.17, 15) is 14.4 Å². The van der Waals surface area contributed by atoms with Crippen LogP contribution in [0.2, 0.25) is 0 Å². The lowest BCUT2D eigenvalue weighted by Crippen LogP contribution is -2.42. The van der Waals surface area contributed by atoms with Gasteiger partial charge in [-0.05, 0) is 60.9 Å². The van der Waals surface area contributed by atoms with Crippen molar-refractivity contribution in [3.63, 3.8) is 0 Å². The molecular weight excluding hydrogens is 576 g/mol. The summed E-state index contributed by atoms with van der Waals surface area (Å²) in [5.74, 6) is -1.11. The van der Waals surface area contributed by atoms with Crippen molar-refractivity contribution in [1.82, 2.24) is 9.88 Å². The Hall–Kier alpha value is -2.84. The van der Waals surface area contributed by atoms with Gasteiger partial charge in [-0.25, -0.2) is 9.78 Å². The molecule has 2 heterocycles. The number of pyridine rings is 1. The number of ketones is 1. The predicted octanol–water partition coefficient (Wildman–Crippen LogP) is 5.91. The minimum absolute atomic E-state index is 0.0444. The first-order valence-electron chi connectivity index (χ1n) is 11.3. The van der Waals surface area contributed by atoms with E-state index in [0.717, 1.165) is 20.9 Å². The number of esters is 1. The molecule has 8 heteroatoms. The van der Waals surface area contributed by atoms with Crippen LogP contribution in [0.5, 0.6) is 0 Å². The third-order valence-corrected chi connectivity index (χ3v) is 7.02. The standard InChI is InChI=1S/C27H24Br2N2O4/c1-17(32)31-12-2-3-19(15-31)26(33)16-35-27(34)24-14-22(10-6-18-4-7-20(28)8-5-18)30-25-11-9-21(29)13-23(24)25/h4-11,13-14,19H,2-3,12,15-16H2,1H3/b10-6+. The summed E-state index contributed by atoms with van der Waals surface area (Å²) in [7, 11) is 0. The third kappa shape index (κ3) is 6.44. The summed E-state index contributed by atoms with van der Waals surface area (Å²) in [5.41, 5.74) is 2.58. The second-order valence-corrected chi connectivity index (χ2v) is 10.3. The van der Waals surface area contributed by atoms with Gasteiger partial charge in [0.1, 0.15) is 0 Å². The van der Waals surface area contributed by atoms with Crippen LogP contribution in [0.1, 0.15) is 41.4 Å². The maximum absolute atomic E-state index is 13.1. The Bertz CT molecular complexity index is 1300. The van der Waals surface area contributed by atoms with Gasteiger partial charge < -0.3 is 9.64 Å². The Morgan fingerprint density at radius 3 is 2.54 bits per heavy atom. The summed E-state index contributed by atoms with van der Waals surface area (Å²) in [5, 5.41) is 0.637. The van der Waals surface area contributed by atoms with Gasteiger partial charge in [-0.15, -0.1) is 0 Å². The van der Waals surface area contributed by atoms with E-state index in [2.05, 4.69) is 36.8 Å². The number of hydrogen-bond acceptors (Lipinski definition) is 5. The van der Waals surface area contributed by atoms with Crippen LogP contribution in [-0.4, -0.2) is 47.2 Å². The van der Waals surface area contributed by atoms with Crippen LogP contribution in [-0.2, 0) is 14.3 Å². The highest BCUT2D eigenvalue weighted by atomic mass is 79.9. The number of aromatic nitrogens is 1. The van der Waals surface area contributed by atoms with Crippen molar-refractivity contribution in [3.8, 4) is 0 Å². The minimum atomic E-state index is -0.582. The molecule has 3 aromatic rings. The summed E-state index contributed by atoms with van der Waals surface area (Å²) in [6, 6.07) is 15.0. The van der Waals surface area contributed by atoms with Gasteiger partial charge in [-0.3, -0.25) is 9.59 Å². The average molecular weight is 600 g/mol. The van der Waals surface area contributed by atoms with Crippen molar-refractivity contribution in [3.05, 3.63) is 74.3 Å². The molecule has 1 unspecified atom stereocenters. The molecule has 1 aliphatic heterocycles. The lowest BCUT2D eigenvalue weighted by atomic mass is 9.94. The summed E-state index contributed by atoms with van der Waals surface area (Å²) < 4.78 is 7.25. The number of carbonyl (C=O) groups excluding carboxylic acids is 3. The zero-order valence-electron chi connectivity index (χ0n) is 19.2. The predicted molar refractivity (Wildman–Crippen MR) is 143 cm³/mol. The molecule has 0 aliphatic carbocycles. The van der Waals surface area contributed by atoms with Gasteiger partial charge in [-0.1, -0.05) is 50.1 Å². The summed E-state index contributed by atoms with van der Waals surface area (Å²) in [6.45, 7) is 2.22. The molecule has 4 rings (SSSR count). The van der Waals surface area contributed by atoms with Gasteiger partial charge in [0, 0.05) is 40.3 Å². The second-order valence-electron chi connectivity index (χ2n) is 8.49. The molecule has 1 aromatic heterocycles. The van der Waals surface area contributed by atoms with Gasteiger partial charge in [-0.2, -0.15) is 0 Å². The molecule has 1 aliphatic rings. The number of nitrogens with zero attached hydrogens (tertiary/aromatic N) is 2. The summed E-state index contributed by atoms with van der Waals surface area (Å²) >= 11 is 6.88. The topological polar surface area (TPSA) is 76.6 Å². The van der Waals surface area contributed by atoms with Crippen molar-refractivity contribution in [2.75, 3.05) is 19.7 Å². The summed E-state index contributed by atoms with van der Waals surface area (Å²) in [4.78, 5) is 43.8. The Morgan fingerprint density at radius 1 is 1.06 bits per heavy atom. The van der Waals surface area contributed by atoms with Crippen LogP contribution in [0.4, 0.5) is 0 Å². The lowest BCUT2D eigenvalue weighted by molar-refractivity contribution is -0.134. The Morgan fingerprint density at radius 2 is 1.80 bits per heavy atom. The number of benzene rings is 2. The fourth-order valence-electron chi connectivity index (χ4n) is 4.09. The molecule has 6 nitrogen and oxygen atoms in total. The normalized spacial score (nSPS) is 16.0. The van der Waals surface area contributed by atoms with E-state index in [4.69, 9.17) is 4.74 Å². The maximum Gasteiger partial charge on any atom is 0.339 e. The number of hydrogen-bond donors (Lipinski definition) is 0. The van der Waals surface area contributed by atoms with Crippen molar-refractivity contribution in [2.24, 2.45) is 5.92 Å². The van der Waals surface area contributed by atoms with E-state index in [1.54, 1.807) is 11.0 Å². The van der Waals surface area contributed by atoms with Crippen molar-refractivity contribution in [2.45, 2.75) is 19.8 Å². The minimum Gasteiger partial charge on any atom is -0.454 e. The van der Waals surface area contributed by atoms with E-state index in [-0.39, 0.29) is 24.2 Å². The molecule has 1 atom stereocenters. The first-order valence-corrected chi connectivity index (χ1v) is 12.9. The first kappa shape index (κ1) is 25.3. The van der Waals surface area contributed by atoms with E-state index >= 15 is 0 Å².